The monoisotopic (exact) mass is 187 g/mol. The van der Waals surface area contributed by atoms with E-state index in [9.17, 15) is 4.79 Å². The summed E-state index contributed by atoms with van der Waals surface area (Å²) in [5, 5.41) is 0. The van der Waals surface area contributed by atoms with Crippen molar-refractivity contribution in [1.29, 1.82) is 0 Å². The molecule has 14 heavy (non-hydrogen) atoms. The Bertz CT molecular complexity index is 315. The molecule has 0 aromatic heterocycles. The lowest BCUT2D eigenvalue weighted by Crippen LogP contribution is -2.02. The van der Waals surface area contributed by atoms with Crippen molar-refractivity contribution in [2.45, 2.75) is 25.7 Å². The van der Waals surface area contributed by atoms with Gasteiger partial charge in [0.25, 0.3) is 0 Å². The molecule has 0 bridgehead atoms. The maximum Gasteiger partial charge on any atom is 0.206 e. The molecule has 0 saturated carbocycles. The molecule has 0 spiro atoms. The Balaban J connectivity index is 3.03. The van der Waals surface area contributed by atoms with Gasteiger partial charge in [-0.2, -0.15) is 0 Å². The Morgan fingerprint density at radius 1 is 1.50 bits per heavy atom. The van der Waals surface area contributed by atoms with E-state index in [1.807, 2.05) is 37.3 Å². The van der Waals surface area contributed by atoms with Crippen molar-refractivity contribution < 1.29 is 4.79 Å². The van der Waals surface area contributed by atoms with Gasteiger partial charge in [0.2, 0.25) is 6.29 Å². The second-order valence-electron chi connectivity index (χ2n) is 3.27. The summed E-state index contributed by atoms with van der Waals surface area (Å²) in [5.74, 6) is -0.0915. The van der Waals surface area contributed by atoms with Crippen LogP contribution in [-0.4, -0.2) is 6.29 Å². The van der Waals surface area contributed by atoms with Crippen molar-refractivity contribution in [2.75, 3.05) is 0 Å². The first-order chi connectivity index (χ1) is 6.83. The highest BCUT2D eigenvalue weighted by atomic mass is 16.1. The molecule has 0 amide bonds. The van der Waals surface area contributed by atoms with Crippen molar-refractivity contribution in [1.82, 2.24) is 0 Å². The Morgan fingerprint density at radius 2 is 2.21 bits per heavy atom. The van der Waals surface area contributed by atoms with E-state index in [0.29, 0.717) is 0 Å². The van der Waals surface area contributed by atoms with Gasteiger partial charge in [-0.3, -0.25) is 4.79 Å². The third kappa shape index (κ3) is 2.32. The number of rotatable bonds is 5. The summed E-state index contributed by atoms with van der Waals surface area (Å²) >= 11 is 0. The van der Waals surface area contributed by atoms with Crippen LogP contribution in [0.1, 0.15) is 30.4 Å². The van der Waals surface area contributed by atoms with Gasteiger partial charge in [-0.1, -0.05) is 37.3 Å². The average molecular weight is 187 g/mol. The van der Waals surface area contributed by atoms with E-state index in [4.69, 9.17) is 0 Å². The number of hydrogen-bond acceptors (Lipinski definition) is 1. The van der Waals surface area contributed by atoms with Gasteiger partial charge >= 0.3 is 0 Å². The van der Waals surface area contributed by atoms with Crippen LogP contribution in [0.5, 0.6) is 0 Å². The van der Waals surface area contributed by atoms with Crippen LogP contribution in [-0.2, 0) is 11.2 Å². The first kappa shape index (κ1) is 10.7. The molecular formula is C13H15O. The summed E-state index contributed by atoms with van der Waals surface area (Å²) in [5.41, 5.74) is 2.27. The Morgan fingerprint density at radius 3 is 2.79 bits per heavy atom. The molecular weight excluding hydrogens is 172 g/mol. The van der Waals surface area contributed by atoms with Gasteiger partial charge in [0.05, 0.1) is 5.92 Å². The molecule has 1 unspecified atom stereocenters. The van der Waals surface area contributed by atoms with Crippen LogP contribution in [0.2, 0.25) is 0 Å². The topological polar surface area (TPSA) is 17.1 Å². The van der Waals surface area contributed by atoms with Crippen molar-refractivity contribution in [3.05, 3.63) is 48.0 Å². The van der Waals surface area contributed by atoms with Gasteiger partial charge in [0, 0.05) is 0 Å². The molecule has 1 rings (SSSR count). The molecule has 1 nitrogen and oxygen atoms in total. The van der Waals surface area contributed by atoms with Crippen LogP contribution in [0.15, 0.2) is 36.9 Å². The maximum atomic E-state index is 10.7. The van der Waals surface area contributed by atoms with Gasteiger partial charge in [-0.05, 0) is 24.0 Å². The maximum absolute atomic E-state index is 10.7. The van der Waals surface area contributed by atoms with E-state index in [1.165, 1.54) is 5.56 Å². The fraction of sp³-hybridized carbons (Fsp3) is 0.308. The summed E-state index contributed by atoms with van der Waals surface area (Å²) in [6, 6.07) is 7.98. The molecule has 1 aromatic carbocycles. The van der Waals surface area contributed by atoms with E-state index in [0.717, 1.165) is 18.4 Å². The van der Waals surface area contributed by atoms with Crippen LogP contribution in [0.25, 0.3) is 0 Å². The normalized spacial score (nSPS) is 12.1. The van der Waals surface area contributed by atoms with Crippen LogP contribution in [0.4, 0.5) is 0 Å². The molecule has 73 valence electrons. The Labute approximate surface area is 85.5 Å². The molecule has 0 aliphatic carbocycles. The van der Waals surface area contributed by atoms with Crippen molar-refractivity contribution in [3.8, 4) is 0 Å². The molecule has 1 atom stereocenters. The minimum absolute atomic E-state index is 0.0915. The zero-order valence-electron chi connectivity index (χ0n) is 8.49. The van der Waals surface area contributed by atoms with Gasteiger partial charge in [0.1, 0.15) is 0 Å². The van der Waals surface area contributed by atoms with Crippen molar-refractivity contribution >= 4 is 6.29 Å². The summed E-state index contributed by atoms with van der Waals surface area (Å²) in [7, 11) is 0. The SMILES string of the molecule is C=CCc1ccccc1C([C]=O)CC. The Kier molecular flexibility index (Phi) is 4.11. The fourth-order valence-corrected chi connectivity index (χ4v) is 1.58. The van der Waals surface area contributed by atoms with Gasteiger partial charge in [-0.25, -0.2) is 0 Å². The molecule has 0 saturated heterocycles. The van der Waals surface area contributed by atoms with E-state index in [2.05, 4.69) is 12.9 Å². The number of carbonyl (C=O) groups excluding carboxylic acids is 1. The second-order valence-corrected chi connectivity index (χ2v) is 3.27. The first-order valence-electron chi connectivity index (χ1n) is 4.89. The zero-order chi connectivity index (χ0) is 10.4. The molecule has 0 aliphatic heterocycles. The van der Waals surface area contributed by atoms with Gasteiger partial charge in [-0.15, -0.1) is 6.58 Å². The van der Waals surface area contributed by atoms with Crippen LogP contribution >= 0.6 is 0 Å². The van der Waals surface area contributed by atoms with E-state index in [-0.39, 0.29) is 5.92 Å². The average Bonchev–Trinajstić information content (AvgIpc) is 2.23. The zero-order valence-corrected chi connectivity index (χ0v) is 8.49. The third-order valence-corrected chi connectivity index (χ3v) is 2.35. The first-order valence-corrected chi connectivity index (χ1v) is 4.89. The number of benzene rings is 1. The van der Waals surface area contributed by atoms with Crippen molar-refractivity contribution in [2.24, 2.45) is 0 Å². The van der Waals surface area contributed by atoms with Gasteiger partial charge in [0.15, 0.2) is 0 Å². The largest absolute Gasteiger partial charge is 0.290 e. The number of allylic oxidation sites excluding steroid dienone is 1. The van der Waals surface area contributed by atoms with Crippen LogP contribution in [0.3, 0.4) is 0 Å². The molecule has 1 heteroatoms. The number of hydrogen-bond donors (Lipinski definition) is 0. The molecule has 1 aromatic rings. The molecule has 0 fully saturated rings. The quantitative estimate of drug-likeness (QED) is 0.647. The predicted octanol–water partition coefficient (Wildman–Crippen LogP) is 3.02. The highest BCUT2D eigenvalue weighted by Crippen LogP contribution is 2.21. The van der Waals surface area contributed by atoms with E-state index in [1.54, 1.807) is 0 Å². The molecule has 0 aliphatic rings. The van der Waals surface area contributed by atoms with Crippen LogP contribution < -0.4 is 0 Å². The summed E-state index contributed by atoms with van der Waals surface area (Å²) in [6.45, 7) is 5.71. The molecule has 1 radical (unpaired) electrons. The fourth-order valence-electron chi connectivity index (χ4n) is 1.58. The van der Waals surface area contributed by atoms with E-state index >= 15 is 0 Å². The highest BCUT2D eigenvalue weighted by molar-refractivity contribution is 5.64. The predicted molar refractivity (Wildman–Crippen MR) is 59.1 cm³/mol. The van der Waals surface area contributed by atoms with Crippen molar-refractivity contribution in [3.63, 3.8) is 0 Å². The lowest BCUT2D eigenvalue weighted by atomic mass is 9.92. The summed E-state index contributed by atoms with van der Waals surface area (Å²) < 4.78 is 0. The standard InChI is InChI=1S/C13H15O/c1-3-7-12-8-5-6-9-13(12)11(4-2)10-14/h3,5-6,8-9,11H,1,4,7H2,2H3. The Hall–Kier alpha value is -1.37. The minimum Gasteiger partial charge on any atom is -0.290 e. The smallest absolute Gasteiger partial charge is 0.206 e. The second kappa shape index (κ2) is 5.38. The molecule has 0 heterocycles. The van der Waals surface area contributed by atoms with E-state index < -0.39 is 0 Å². The summed E-state index contributed by atoms with van der Waals surface area (Å²) in [6.07, 6.45) is 5.56. The lowest BCUT2D eigenvalue weighted by molar-refractivity contribution is 0.540. The van der Waals surface area contributed by atoms with Crippen LogP contribution in [0, 0.1) is 0 Å². The minimum atomic E-state index is -0.0915. The summed E-state index contributed by atoms with van der Waals surface area (Å²) in [4.78, 5) is 10.7. The molecule has 0 N–H and O–H groups in total. The lowest BCUT2D eigenvalue weighted by Gasteiger charge is -2.11. The highest BCUT2D eigenvalue weighted by Gasteiger charge is 2.11. The third-order valence-electron chi connectivity index (χ3n) is 2.35. The van der Waals surface area contributed by atoms with Gasteiger partial charge < -0.3 is 0 Å².